The highest BCUT2D eigenvalue weighted by Gasteiger charge is 2.43. The quantitative estimate of drug-likeness (QED) is 0.689. The molecular formula is C13H24N4O2. The van der Waals surface area contributed by atoms with E-state index in [-0.39, 0.29) is 11.9 Å². The molecule has 2 aliphatic rings. The van der Waals surface area contributed by atoms with Gasteiger partial charge in [-0.25, -0.2) is 4.79 Å². The average molecular weight is 268 g/mol. The van der Waals surface area contributed by atoms with Crippen LogP contribution in [0.3, 0.4) is 0 Å². The van der Waals surface area contributed by atoms with Crippen LogP contribution in [0.5, 0.6) is 0 Å². The van der Waals surface area contributed by atoms with Gasteiger partial charge >= 0.3 is 6.03 Å². The number of urea groups is 1. The second kappa shape index (κ2) is 5.46. The summed E-state index contributed by atoms with van der Waals surface area (Å²) in [5.74, 6) is -0.134. The molecule has 108 valence electrons. The number of hydrogen-bond donors (Lipinski definition) is 2. The molecule has 2 aliphatic heterocycles. The second-order valence-electron chi connectivity index (χ2n) is 6.07. The molecule has 1 atom stereocenters. The van der Waals surface area contributed by atoms with E-state index in [1.54, 1.807) is 13.8 Å². The molecule has 0 aromatic rings. The zero-order chi connectivity index (χ0) is 14.0. The SMILES string of the molecule is CN(CCN1C(=O)NC(C)(C)C1=O)CC1CCCN1. The van der Waals surface area contributed by atoms with Crippen LogP contribution in [0.25, 0.3) is 0 Å². The normalized spacial score (nSPS) is 26.3. The number of hydrogen-bond acceptors (Lipinski definition) is 4. The summed E-state index contributed by atoms with van der Waals surface area (Å²) in [5, 5.41) is 6.14. The third-order valence-electron chi connectivity index (χ3n) is 3.84. The molecule has 0 spiro atoms. The van der Waals surface area contributed by atoms with Crippen molar-refractivity contribution in [3.8, 4) is 0 Å². The third-order valence-corrected chi connectivity index (χ3v) is 3.84. The lowest BCUT2D eigenvalue weighted by atomic mass is 10.1. The third kappa shape index (κ3) is 3.25. The lowest BCUT2D eigenvalue weighted by molar-refractivity contribution is -0.130. The van der Waals surface area contributed by atoms with E-state index in [4.69, 9.17) is 0 Å². The maximum Gasteiger partial charge on any atom is 0.325 e. The topological polar surface area (TPSA) is 64.7 Å². The van der Waals surface area contributed by atoms with Crippen LogP contribution in [0.4, 0.5) is 4.79 Å². The number of likely N-dealkylation sites (N-methyl/N-ethyl adjacent to an activating group) is 1. The van der Waals surface area contributed by atoms with Crippen molar-refractivity contribution in [3.05, 3.63) is 0 Å². The number of imide groups is 1. The molecule has 19 heavy (non-hydrogen) atoms. The Labute approximate surface area is 114 Å². The van der Waals surface area contributed by atoms with Crippen molar-refractivity contribution in [1.29, 1.82) is 0 Å². The van der Waals surface area contributed by atoms with Crippen molar-refractivity contribution in [2.45, 2.75) is 38.3 Å². The first-order chi connectivity index (χ1) is 8.90. The molecule has 0 aromatic heterocycles. The fourth-order valence-corrected chi connectivity index (χ4v) is 2.67. The molecule has 0 aliphatic carbocycles. The molecule has 2 fully saturated rings. The maximum atomic E-state index is 12.0. The summed E-state index contributed by atoms with van der Waals surface area (Å²) >= 11 is 0. The molecule has 3 amide bonds. The molecule has 2 heterocycles. The number of nitrogens with one attached hydrogen (secondary N) is 2. The largest absolute Gasteiger partial charge is 0.325 e. The predicted molar refractivity (Wildman–Crippen MR) is 72.8 cm³/mol. The Balaban J connectivity index is 1.78. The molecule has 0 saturated carbocycles. The van der Waals surface area contributed by atoms with E-state index < -0.39 is 5.54 Å². The summed E-state index contributed by atoms with van der Waals surface area (Å²) in [7, 11) is 2.03. The number of carbonyl (C=O) groups is 2. The summed E-state index contributed by atoms with van der Waals surface area (Å²) in [4.78, 5) is 27.2. The highest BCUT2D eigenvalue weighted by atomic mass is 16.2. The van der Waals surface area contributed by atoms with Gasteiger partial charge in [-0.3, -0.25) is 9.69 Å². The van der Waals surface area contributed by atoms with Gasteiger partial charge in [-0.2, -0.15) is 0 Å². The van der Waals surface area contributed by atoms with Crippen LogP contribution in [0.1, 0.15) is 26.7 Å². The van der Waals surface area contributed by atoms with Gasteiger partial charge in [-0.1, -0.05) is 0 Å². The highest BCUT2D eigenvalue weighted by molar-refractivity contribution is 6.06. The van der Waals surface area contributed by atoms with Crippen LogP contribution in [0.15, 0.2) is 0 Å². The molecular weight excluding hydrogens is 244 g/mol. The fraction of sp³-hybridized carbons (Fsp3) is 0.846. The van der Waals surface area contributed by atoms with Gasteiger partial charge < -0.3 is 15.5 Å². The van der Waals surface area contributed by atoms with Crippen LogP contribution in [0, 0.1) is 0 Å². The van der Waals surface area contributed by atoms with Gasteiger partial charge in [-0.05, 0) is 40.3 Å². The standard InChI is InChI=1S/C13H24N4O2/c1-13(2)11(18)17(12(19)15-13)8-7-16(3)9-10-5-4-6-14-10/h10,14H,4-9H2,1-3H3,(H,15,19). The minimum atomic E-state index is -0.761. The Hall–Kier alpha value is -1.14. The highest BCUT2D eigenvalue weighted by Crippen LogP contribution is 2.16. The summed E-state index contributed by atoms with van der Waals surface area (Å²) in [6.45, 7) is 6.70. The molecule has 2 saturated heterocycles. The number of rotatable bonds is 5. The predicted octanol–water partition coefficient (Wildman–Crippen LogP) is 0.000600. The van der Waals surface area contributed by atoms with E-state index in [0.717, 1.165) is 13.1 Å². The first kappa shape index (κ1) is 14.3. The zero-order valence-electron chi connectivity index (χ0n) is 12.0. The molecule has 6 heteroatoms. The van der Waals surface area contributed by atoms with E-state index >= 15 is 0 Å². The van der Waals surface area contributed by atoms with Crippen LogP contribution in [-0.2, 0) is 4.79 Å². The summed E-state index contributed by atoms with van der Waals surface area (Å²) in [5.41, 5.74) is -0.761. The van der Waals surface area contributed by atoms with Gasteiger partial charge in [0.15, 0.2) is 0 Å². The minimum absolute atomic E-state index is 0.134. The van der Waals surface area contributed by atoms with Crippen LogP contribution < -0.4 is 10.6 Å². The smallest absolute Gasteiger partial charge is 0.324 e. The number of carbonyl (C=O) groups excluding carboxylic acids is 2. The first-order valence-electron chi connectivity index (χ1n) is 6.96. The van der Waals surface area contributed by atoms with Crippen molar-refractivity contribution in [2.24, 2.45) is 0 Å². The Morgan fingerprint density at radius 1 is 1.42 bits per heavy atom. The fourth-order valence-electron chi connectivity index (χ4n) is 2.67. The van der Waals surface area contributed by atoms with Crippen molar-refractivity contribution >= 4 is 11.9 Å². The van der Waals surface area contributed by atoms with Gasteiger partial charge in [0, 0.05) is 25.7 Å². The maximum absolute atomic E-state index is 12.0. The average Bonchev–Trinajstić information content (AvgIpc) is 2.86. The lowest BCUT2D eigenvalue weighted by Gasteiger charge is -2.23. The lowest BCUT2D eigenvalue weighted by Crippen LogP contribution is -2.43. The van der Waals surface area contributed by atoms with Crippen molar-refractivity contribution < 1.29 is 9.59 Å². The van der Waals surface area contributed by atoms with Crippen LogP contribution in [0.2, 0.25) is 0 Å². The van der Waals surface area contributed by atoms with Crippen molar-refractivity contribution in [2.75, 3.05) is 33.2 Å². The number of amides is 3. The van der Waals surface area contributed by atoms with Gasteiger partial charge in [0.1, 0.15) is 5.54 Å². The van der Waals surface area contributed by atoms with Crippen LogP contribution in [-0.4, -0.2) is 66.5 Å². The Bertz CT molecular complexity index is 364. The van der Waals surface area contributed by atoms with E-state index in [0.29, 0.717) is 19.1 Å². The summed E-state index contributed by atoms with van der Waals surface area (Å²) < 4.78 is 0. The van der Waals surface area contributed by atoms with E-state index in [1.165, 1.54) is 17.7 Å². The molecule has 2 N–H and O–H groups in total. The van der Waals surface area contributed by atoms with Crippen molar-refractivity contribution in [1.82, 2.24) is 20.4 Å². The Morgan fingerprint density at radius 3 is 2.68 bits per heavy atom. The second-order valence-corrected chi connectivity index (χ2v) is 6.07. The summed E-state index contributed by atoms with van der Waals surface area (Å²) in [6.07, 6.45) is 2.44. The molecule has 0 bridgehead atoms. The molecule has 0 aromatic carbocycles. The zero-order valence-corrected chi connectivity index (χ0v) is 12.0. The summed E-state index contributed by atoms with van der Waals surface area (Å²) in [6, 6.07) is 0.270. The van der Waals surface area contributed by atoms with Gasteiger partial charge in [0.2, 0.25) is 0 Å². The monoisotopic (exact) mass is 268 g/mol. The Kier molecular flexibility index (Phi) is 4.10. The van der Waals surface area contributed by atoms with Gasteiger partial charge in [-0.15, -0.1) is 0 Å². The van der Waals surface area contributed by atoms with Crippen LogP contribution >= 0.6 is 0 Å². The first-order valence-corrected chi connectivity index (χ1v) is 6.96. The van der Waals surface area contributed by atoms with Gasteiger partial charge in [0.25, 0.3) is 5.91 Å². The van der Waals surface area contributed by atoms with E-state index in [2.05, 4.69) is 15.5 Å². The minimum Gasteiger partial charge on any atom is -0.324 e. The molecule has 1 unspecified atom stereocenters. The van der Waals surface area contributed by atoms with E-state index in [1.807, 2.05) is 7.05 Å². The number of nitrogens with zero attached hydrogens (tertiary/aromatic N) is 2. The van der Waals surface area contributed by atoms with Gasteiger partial charge in [0.05, 0.1) is 0 Å². The molecule has 0 radical (unpaired) electrons. The van der Waals surface area contributed by atoms with Crippen molar-refractivity contribution in [3.63, 3.8) is 0 Å². The van der Waals surface area contributed by atoms with E-state index in [9.17, 15) is 9.59 Å². The molecule has 2 rings (SSSR count). The molecule has 6 nitrogen and oxygen atoms in total. The Morgan fingerprint density at radius 2 is 2.16 bits per heavy atom.